The SMILES string of the molecule is CC(=O)c1c(C)[nH]c(C(=O)C(C)Sc2nnc(Cc3ccccc3)n2C)c1C. The Morgan fingerprint density at radius 1 is 1.18 bits per heavy atom. The van der Waals surface area contributed by atoms with Gasteiger partial charge in [-0.05, 0) is 38.8 Å². The molecule has 0 aliphatic rings. The zero-order valence-electron chi connectivity index (χ0n) is 16.7. The van der Waals surface area contributed by atoms with E-state index in [-0.39, 0.29) is 16.8 Å². The summed E-state index contributed by atoms with van der Waals surface area (Å²) >= 11 is 1.37. The average molecular weight is 397 g/mol. The van der Waals surface area contributed by atoms with Gasteiger partial charge in [-0.2, -0.15) is 0 Å². The van der Waals surface area contributed by atoms with Crippen LogP contribution in [0.1, 0.15) is 57.3 Å². The van der Waals surface area contributed by atoms with Crippen molar-refractivity contribution >= 4 is 23.3 Å². The standard InChI is InChI=1S/C21H24N4O2S/c1-12-18(14(3)26)13(2)22-19(12)20(27)15(4)28-21-24-23-17(25(21)5)11-16-9-7-6-8-10-16/h6-10,15,22H,11H2,1-5H3. The van der Waals surface area contributed by atoms with Gasteiger partial charge in [-0.15, -0.1) is 10.2 Å². The van der Waals surface area contributed by atoms with Crippen LogP contribution in [-0.2, 0) is 13.5 Å². The lowest BCUT2D eigenvalue weighted by Gasteiger charge is -2.10. The number of H-pyrrole nitrogens is 1. The molecule has 0 fully saturated rings. The first kappa shape index (κ1) is 20.1. The highest BCUT2D eigenvalue weighted by Gasteiger charge is 2.25. The molecule has 0 radical (unpaired) electrons. The zero-order valence-corrected chi connectivity index (χ0v) is 17.6. The topological polar surface area (TPSA) is 80.6 Å². The largest absolute Gasteiger partial charge is 0.355 e. The molecule has 6 nitrogen and oxygen atoms in total. The maximum Gasteiger partial charge on any atom is 0.192 e. The number of thioether (sulfide) groups is 1. The number of nitrogens with one attached hydrogen (secondary N) is 1. The molecule has 1 aromatic carbocycles. The van der Waals surface area contributed by atoms with Gasteiger partial charge in [0.1, 0.15) is 5.82 Å². The zero-order chi connectivity index (χ0) is 20.4. The lowest BCUT2D eigenvalue weighted by atomic mass is 10.0. The maximum atomic E-state index is 12.9. The Labute approximate surface area is 168 Å². The van der Waals surface area contributed by atoms with Gasteiger partial charge in [0.15, 0.2) is 16.7 Å². The van der Waals surface area contributed by atoms with Gasteiger partial charge in [0.25, 0.3) is 0 Å². The summed E-state index contributed by atoms with van der Waals surface area (Å²) in [5.74, 6) is 0.759. The predicted molar refractivity (Wildman–Crippen MR) is 110 cm³/mol. The monoisotopic (exact) mass is 396 g/mol. The van der Waals surface area contributed by atoms with E-state index in [1.807, 2.05) is 50.6 Å². The fourth-order valence-electron chi connectivity index (χ4n) is 3.32. The number of aromatic nitrogens is 4. The molecule has 0 saturated carbocycles. The molecule has 146 valence electrons. The van der Waals surface area contributed by atoms with Crippen LogP contribution in [0.15, 0.2) is 35.5 Å². The number of Topliss-reactive ketones (excluding diaryl/α,β-unsaturated/α-hetero) is 2. The molecule has 2 aromatic heterocycles. The van der Waals surface area contributed by atoms with Gasteiger partial charge in [0, 0.05) is 24.7 Å². The first-order valence-corrected chi connectivity index (χ1v) is 10.0. The summed E-state index contributed by atoms with van der Waals surface area (Å²) in [6.45, 7) is 6.99. The van der Waals surface area contributed by atoms with Crippen molar-refractivity contribution in [2.24, 2.45) is 7.05 Å². The highest BCUT2D eigenvalue weighted by molar-refractivity contribution is 8.00. The van der Waals surface area contributed by atoms with Crippen LogP contribution in [0.5, 0.6) is 0 Å². The smallest absolute Gasteiger partial charge is 0.192 e. The van der Waals surface area contributed by atoms with E-state index in [1.54, 1.807) is 0 Å². The fraction of sp³-hybridized carbons (Fsp3) is 0.333. The Balaban J connectivity index is 1.76. The summed E-state index contributed by atoms with van der Waals surface area (Å²) in [6.07, 6.45) is 0.685. The Kier molecular flexibility index (Phi) is 5.84. The predicted octanol–water partition coefficient (Wildman–Crippen LogP) is 3.92. The number of aryl methyl sites for hydroxylation is 1. The van der Waals surface area contributed by atoms with Gasteiger partial charge < -0.3 is 9.55 Å². The number of benzene rings is 1. The van der Waals surface area contributed by atoms with Crippen molar-refractivity contribution in [1.29, 1.82) is 0 Å². The summed E-state index contributed by atoms with van der Waals surface area (Å²) in [6, 6.07) is 10.1. The number of carbonyl (C=O) groups is 2. The maximum absolute atomic E-state index is 12.9. The van der Waals surface area contributed by atoms with Crippen molar-refractivity contribution in [3.63, 3.8) is 0 Å². The summed E-state index contributed by atoms with van der Waals surface area (Å²) in [7, 11) is 1.91. The summed E-state index contributed by atoms with van der Waals surface area (Å²) in [4.78, 5) is 27.9. The van der Waals surface area contributed by atoms with Crippen molar-refractivity contribution in [2.75, 3.05) is 0 Å². The summed E-state index contributed by atoms with van der Waals surface area (Å²) < 4.78 is 1.93. The van der Waals surface area contributed by atoms with Gasteiger partial charge in [-0.1, -0.05) is 42.1 Å². The molecular formula is C21H24N4O2S. The number of rotatable bonds is 7. The van der Waals surface area contributed by atoms with Gasteiger partial charge >= 0.3 is 0 Å². The van der Waals surface area contributed by atoms with E-state index in [1.165, 1.54) is 18.7 Å². The Hall–Kier alpha value is -2.67. The van der Waals surface area contributed by atoms with Crippen LogP contribution in [0, 0.1) is 13.8 Å². The second kappa shape index (κ2) is 8.14. The average Bonchev–Trinajstić information content (AvgIpc) is 3.15. The number of nitrogens with zero attached hydrogens (tertiary/aromatic N) is 3. The van der Waals surface area contributed by atoms with Gasteiger partial charge in [-0.3, -0.25) is 9.59 Å². The van der Waals surface area contributed by atoms with E-state index >= 15 is 0 Å². The molecule has 0 aliphatic carbocycles. The van der Waals surface area contributed by atoms with Crippen LogP contribution in [-0.4, -0.2) is 36.6 Å². The van der Waals surface area contributed by atoms with Gasteiger partial charge in [0.05, 0.1) is 10.9 Å². The highest BCUT2D eigenvalue weighted by atomic mass is 32.2. The molecular weight excluding hydrogens is 372 g/mol. The Morgan fingerprint density at radius 3 is 2.46 bits per heavy atom. The number of hydrogen-bond donors (Lipinski definition) is 1. The van der Waals surface area contributed by atoms with Crippen molar-refractivity contribution in [2.45, 2.75) is 44.5 Å². The van der Waals surface area contributed by atoms with E-state index in [2.05, 4.69) is 27.3 Å². The first-order valence-electron chi connectivity index (χ1n) is 9.12. The molecule has 1 atom stereocenters. The van der Waals surface area contributed by atoms with Crippen LogP contribution in [0.4, 0.5) is 0 Å². The molecule has 1 N–H and O–H groups in total. The molecule has 0 saturated heterocycles. The van der Waals surface area contributed by atoms with E-state index in [4.69, 9.17) is 0 Å². The third kappa shape index (κ3) is 3.94. The minimum absolute atomic E-state index is 0.0375. The Bertz CT molecular complexity index is 1020. The molecule has 0 bridgehead atoms. The van der Waals surface area contributed by atoms with Crippen molar-refractivity contribution in [1.82, 2.24) is 19.7 Å². The first-order chi connectivity index (χ1) is 13.3. The second-order valence-corrected chi connectivity index (χ2v) is 8.23. The molecule has 2 heterocycles. The Morgan fingerprint density at radius 2 is 1.86 bits per heavy atom. The van der Waals surface area contributed by atoms with Crippen LogP contribution in [0.3, 0.4) is 0 Å². The fourth-order valence-corrected chi connectivity index (χ4v) is 4.21. The third-order valence-electron chi connectivity index (χ3n) is 4.82. The van der Waals surface area contributed by atoms with Gasteiger partial charge in [-0.25, -0.2) is 0 Å². The minimum atomic E-state index is -0.357. The molecule has 3 aromatic rings. The number of carbonyl (C=O) groups excluding carboxylic acids is 2. The summed E-state index contributed by atoms with van der Waals surface area (Å²) in [5.41, 5.74) is 3.70. The van der Waals surface area contributed by atoms with E-state index < -0.39 is 0 Å². The highest BCUT2D eigenvalue weighted by Crippen LogP contribution is 2.27. The molecule has 0 spiro atoms. The lowest BCUT2D eigenvalue weighted by molar-refractivity contribution is 0.0988. The minimum Gasteiger partial charge on any atom is -0.355 e. The summed E-state index contributed by atoms with van der Waals surface area (Å²) in [5, 5.41) is 8.88. The van der Waals surface area contributed by atoms with E-state index in [0.717, 1.165) is 17.1 Å². The number of ketones is 2. The quantitative estimate of drug-likeness (QED) is 0.484. The second-order valence-electron chi connectivity index (χ2n) is 6.93. The van der Waals surface area contributed by atoms with Crippen LogP contribution in [0.25, 0.3) is 0 Å². The molecule has 3 rings (SSSR count). The number of hydrogen-bond acceptors (Lipinski definition) is 5. The normalized spacial score (nSPS) is 12.2. The molecule has 28 heavy (non-hydrogen) atoms. The van der Waals surface area contributed by atoms with Crippen LogP contribution < -0.4 is 0 Å². The number of aromatic amines is 1. The van der Waals surface area contributed by atoms with Crippen molar-refractivity contribution in [3.05, 3.63) is 64.2 Å². The lowest BCUT2D eigenvalue weighted by Crippen LogP contribution is -2.16. The van der Waals surface area contributed by atoms with E-state index in [9.17, 15) is 9.59 Å². The van der Waals surface area contributed by atoms with Crippen LogP contribution >= 0.6 is 11.8 Å². The van der Waals surface area contributed by atoms with Gasteiger partial charge in [0.2, 0.25) is 0 Å². The molecule has 7 heteroatoms. The van der Waals surface area contributed by atoms with Crippen molar-refractivity contribution < 1.29 is 9.59 Å². The molecule has 0 aliphatic heterocycles. The van der Waals surface area contributed by atoms with Crippen molar-refractivity contribution in [3.8, 4) is 0 Å². The van der Waals surface area contributed by atoms with Crippen LogP contribution in [0.2, 0.25) is 0 Å². The third-order valence-corrected chi connectivity index (χ3v) is 5.95. The van der Waals surface area contributed by atoms with E-state index in [0.29, 0.717) is 28.4 Å². The molecule has 0 amide bonds. The molecule has 1 unspecified atom stereocenters.